The first kappa shape index (κ1) is 27.7. The molecule has 0 aliphatic carbocycles. The minimum atomic E-state index is -1.04. The van der Waals surface area contributed by atoms with E-state index in [1.807, 2.05) is 35.6 Å². The predicted octanol–water partition coefficient (Wildman–Crippen LogP) is 5.70. The number of aliphatic hydroxyl groups excluding tert-OH is 1. The highest BCUT2D eigenvalue weighted by molar-refractivity contribution is 7.97. The van der Waals surface area contributed by atoms with Crippen molar-refractivity contribution in [2.24, 2.45) is 0 Å². The fourth-order valence-electron chi connectivity index (χ4n) is 4.56. The number of carboxylic acid groups (broad SMARTS) is 1. The van der Waals surface area contributed by atoms with Gasteiger partial charge >= 0.3 is 5.97 Å². The molecule has 198 valence electrons. The summed E-state index contributed by atoms with van der Waals surface area (Å²) < 4.78 is 2.02. The van der Waals surface area contributed by atoms with Gasteiger partial charge < -0.3 is 21.3 Å². The van der Waals surface area contributed by atoms with E-state index in [1.165, 1.54) is 22.4 Å². The van der Waals surface area contributed by atoms with E-state index >= 15 is 0 Å². The first-order valence-electron chi connectivity index (χ1n) is 12.6. The minimum Gasteiger partial charge on any atom is -0.478 e. The fraction of sp³-hybridized carbons (Fsp3) is 0.258. The van der Waals surface area contributed by atoms with Gasteiger partial charge in [-0.2, -0.15) is 0 Å². The molecule has 0 spiro atoms. The highest BCUT2D eigenvalue weighted by Gasteiger charge is 2.20. The number of nitrogens with one attached hydrogen (secondary N) is 1. The Hall–Kier alpha value is -3.36. The molecule has 7 heteroatoms. The first-order valence-corrected chi connectivity index (χ1v) is 13.4. The third-order valence-electron chi connectivity index (χ3n) is 6.45. The van der Waals surface area contributed by atoms with Crippen LogP contribution in [0.2, 0.25) is 0 Å². The van der Waals surface area contributed by atoms with Crippen LogP contribution in [0, 0.1) is 0 Å². The largest absolute Gasteiger partial charge is 0.478 e. The van der Waals surface area contributed by atoms with Gasteiger partial charge in [0.1, 0.15) is 0 Å². The van der Waals surface area contributed by atoms with Crippen LogP contribution in [0.5, 0.6) is 0 Å². The molecule has 0 aromatic heterocycles. The zero-order valence-electron chi connectivity index (χ0n) is 22.0. The monoisotopic (exact) mass is 529 g/mol. The number of hydrogen-bond donors (Lipinski definition) is 4. The quantitative estimate of drug-likeness (QED) is 0.146. The van der Waals surface area contributed by atoms with Crippen LogP contribution < -0.4 is 11.1 Å². The maximum Gasteiger partial charge on any atom is 0.337 e. The molecule has 0 heterocycles. The third-order valence-corrected chi connectivity index (χ3v) is 7.38. The molecule has 0 aliphatic heterocycles. The number of β-amino-alcohol motifs (C(OH)–C–C–N with tert-alkyl or cyclic N) is 1. The van der Waals surface area contributed by atoms with Crippen LogP contribution in [0.4, 0.5) is 5.69 Å². The summed E-state index contributed by atoms with van der Waals surface area (Å²) >= 11 is 1.55. The second kappa shape index (κ2) is 12.0. The van der Waals surface area contributed by atoms with Crippen LogP contribution >= 0.6 is 11.9 Å². The molecule has 4 aromatic carbocycles. The number of nitrogen functional groups attached to an aromatic ring is 1. The van der Waals surface area contributed by atoms with E-state index in [1.54, 1.807) is 24.1 Å². The van der Waals surface area contributed by atoms with Crippen molar-refractivity contribution in [2.45, 2.75) is 36.8 Å². The maximum atomic E-state index is 11.2. The lowest BCUT2D eigenvalue weighted by Gasteiger charge is -2.29. The zero-order chi connectivity index (χ0) is 27.3. The van der Waals surface area contributed by atoms with Crippen LogP contribution in [0.3, 0.4) is 0 Å². The smallest absolute Gasteiger partial charge is 0.337 e. The van der Waals surface area contributed by atoms with Crippen molar-refractivity contribution in [1.29, 1.82) is 0 Å². The molecule has 0 amide bonds. The van der Waals surface area contributed by atoms with Gasteiger partial charge in [-0.1, -0.05) is 60.7 Å². The Morgan fingerprint density at radius 2 is 1.71 bits per heavy atom. The lowest BCUT2D eigenvalue weighted by molar-refractivity contribution is 0.0698. The standard InChI is InChI=1S/C31H35N3O3S/c1-31(2,18-21-11-12-22-7-4-5-8-23(22)15-21)33-19-26(35)20-34(3)38-27-10-6-9-24(16-27)25-13-14-28(30(36)37)29(32)17-25/h4-17,26,33,35H,18-20,32H2,1-3H3,(H,36,37)/t26-/m1/s1. The Morgan fingerprint density at radius 3 is 2.45 bits per heavy atom. The highest BCUT2D eigenvalue weighted by atomic mass is 32.2. The number of benzene rings is 4. The summed E-state index contributed by atoms with van der Waals surface area (Å²) in [5, 5.41) is 25.9. The second-order valence-corrected chi connectivity index (χ2v) is 11.6. The van der Waals surface area contributed by atoms with Gasteiger partial charge in [0, 0.05) is 29.2 Å². The molecule has 0 radical (unpaired) electrons. The van der Waals surface area contributed by atoms with E-state index in [4.69, 9.17) is 5.73 Å². The Morgan fingerprint density at radius 1 is 0.974 bits per heavy atom. The predicted molar refractivity (Wildman–Crippen MR) is 157 cm³/mol. The molecule has 4 aromatic rings. The van der Waals surface area contributed by atoms with Crippen molar-refractivity contribution < 1.29 is 15.0 Å². The molecule has 0 fully saturated rings. The van der Waals surface area contributed by atoms with Crippen molar-refractivity contribution in [3.05, 3.63) is 96.1 Å². The summed E-state index contributed by atoms with van der Waals surface area (Å²) in [5.74, 6) is -1.04. The second-order valence-electron chi connectivity index (χ2n) is 10.3. The average Bonchev–Trinajstić information content (AvgIpc) is 2.87. The van der Waals surface area contributed by atoms with Gasteiger partial charge in [0.05, 0.1) is 11.7 Å². The molecule has 1 atom stereocenters. The van der Waals surface area contributed by atoms with Gasteiger partial charge in [0.15, 0.2) is 0 Å². The summed E-state index contributed by atoms with van der Waals surface area (Å²) in [7, 11) is 1.96. The third kappa shape index (κ3) is 7.36. The summed E-state index contributed by atoms with van der Waals surface area (Å²) in [6, 6.07) is 27.9. The number of rotatable bonds is 11. The number of likely N-dealkylation sites (N-methyl/N-ethyl adjacent to an activating group) is 1. The van der Waals surface area contributed by atoms with Crippen molar-refractivity contribution in [3.8, 4) is 11.1 Å². The van der Waals surface area contributed by atoms with Gasteiger partial charge in [-0.15, -0.1) is 0 Å². The number of aromatic carboxylic acids is 1. The summed E-state index contributed by atoms with van der Waals surface area (Å²) in [6.45, 7) is 5.30. The van der Waals surface area contributed by atoms with Gasteiger partial charge in [-0.05, 0) is 91.0 Å². The van der Waals surface area contributed by atoms with E-state index in [0.29, 0.717) is 13.1 Å². The maximum absolute atomic E-state index is 11.2. The van der Waals surface area contributed by atoms with E-state index in [9.17, 15) is 15.0 Å². The van der Waals surface area contributed by atoms with Crippen LogP contribution in [-0.2, 0) is 6.42 Å². The van der Waals surface area contributed by atoms with Crippen LogP contribution in [0.1, 0.15) is 29.8 Å². The molecule has 38 heavy (non-hydrogen) atoms. The minimum absolute atomic E-state index is 0.0991. The molecule has 4 rings (SSSR count). The zero-order valence-corrected chi connectivity index (χ0v) is 22.8. The number of aliphatic hydroxyl groups is 1. The average molecular weight is 530 g/mol. The molecular formula is C31H35N3O3S. The van der Waals surface area contributed by atoms with Gasteiger partial charge in [-0.25, -0.2) is 9.10 Å². The molecule has 0 saturated heterocycles. The molecule has 5 N–H and O–H groups in total. The number of hydrogen-bond acceptors (Lipinski definition) is 6. The first-order chi connectivity index (χ1) is 18.1. The van der Waals surface area contributed by atoms with Gasteiger partial charge in [-0.3, -0.25) is 0 Å². The lowest BCUT2D eigenvalue weighted by Crippen LogP contribution is -2.46. The number of nitrogens with zero attached hydrogens (tertiary/aromatic N) is 1. The van der Waals surface area contributed by atoms with E-state index in [2.05, 4.69) is 61.6 Å². The number of carbonyl (C=O) groups is 1. The summed E-state index contributed by atoms with van der Waals surface area (Å²) in [5.41, 5.74) is 9.18. The van der Waals surface area contributed by atoms with Crippen molar-refractivity contribution >= 4 is 34.4 Å². The molecular weight excluding hydrogens is 494 g/mol. The SMILES string of the molecule is CN(C[C@H](O)CNC(C)(C)Cc1ccc2ccccc2c1)Sc1cccc(-c2ccc(C(=O)O)c(N)c2)c1. The fourth-order valence-corrected chi connectivity index (χ4v) is 5.49. The van der Waals surface area contributed by atoms with Crippen LogP contribution in [-0.4, -0.2) is 52.3 Å². The summed E-state index contributed by atoms with van der Waals surface area (Å²) in [6.07, 6.45) is 0.329. The van der Waals surface area contributed by atoms with Crippen LogP contribution in [0.25, 0.3) is 21.9 Å². The molecule has 0 saturated carbocycles. The number of nitrogens with two attached hydrogens (primary N) is 1. The molecule has 0 unspecified atom stereocenters. The Bertz CT molecular complexity index is 1420. The lowest BCUT2D eigenvalue weighted by atomic mass is 9.93. The summed E-state index contributed by atoms with van der Waals surface area (Å²) in [4.78, 5) is 12.3. The van der Waals surface area contributed by atoms with Crippen molar-refractivity contribution in [3.63, 3.8) is 0 Å². The molecule has 6 nitrogen and oxygen atoms in total. The van der Waals surface area contributed by atoms with E-state index in [0.717, 1.165) is 22.4 Å². The highest BCUT2D eigenvalue weighted by Crippen LogP contribution is 2.29. The topological polar surface area (TPSA) is 98.8 Å². The molecule has 0 aliphatic rings. The Balaban J connectivity index is 1.30. The van der Waals surface area contributed by atoms with E-state index in [-0.39, 0.29) is 16.8 Å². The number of carboxylic acids is 1. The van der Waals surface area contributed by atoms with Crippen molar-refractivity contribution in [2.75, 3.05) is 25.9 Å². The Kier molecular flexibility index (Phi) is 8.74. The van der Waals surface area contributed by atoms with Crippen LogP contribution in [0.15, 0.2) is 89.8 Å². The van der Waals surface area contributed by atoms with Gasteiger partial charge in [0.2, 0.25) is 0 Å². The Labute approximate surface area is 228 Å². The van der Waals surface area contributed by atoms with Gasteiger partial charge in [0.25, 0.3) is 0 Å². The number of anilines is 1. The van der Waals surface area contributed by atoms with Crippen molar-refractivity contribution in [1.82, 2.24) is 9.62 Å². The number of fused-ring (bicyclic) bond motifs is 1. The van der Waals surface area contributed by atoms with E-state index < -0.39 is 12.1 Å². The molecule has 0 bridgehead atoms. The normalized spacial score (nSPS) is 12.7.